The Labute approximate surface area is 177 Å². The van der Waals surface area contributed by atoms with Crippen LogP contribution in [0, 0.1) is 58.2 Å². The third kappa shape index (κ3) is 3.39. The van der Waals surface area contributed by atoms with Gasteiger partial charge in [-0.3, -0.25) is 0 Å². The zero-order valence-corrected chi connectivity index (χ0v) is 18.4. The van der Waals surface area contributed by atoms with E-state index in [1.54, 1.807) is 0 Å². The van der Waals surface area contributed by atoms with Gasteiger partial charge in [-0.2, -0.15) is 5.26 Å². The lowest BCUT2D eigenvalue weighted by Gasteiger charge is -2.56. The predicted octanol–water partition coefficient (Wildman–Crippen LogP) is 6.88. The molecule has 0 heterocycles. The molecule has 0 aliphatic heterocycles. The third-order valence-electron chi connectivity index (χ3n) is 9.96. The summed E-state index contributed by atoms with van der Waals surface area (Å²) in [5, 5.41) is 12.9. The molecule has 4 fully saturated rings. The quantitative estimate of drug-likeness (QED) is 0.611. The van der Waals surface area contributed by atoms with Crippen molar-refractivity contribution < 1.29 is 0 Å². The molecule has 0 amide bonds. The van der Waals surface area contributed by atoms with Crippen molar-refractivity contribution in [3.8, 4) is 6.07 Å². The van der Waals surface area contributed by atoms with Crippen LogP contribution in [0.2, 0.25) is 0 Å². The molecule has 4 aliphatic carbocycles. The fourth-order valence-electron chi connectivity index (χ4n) is 8.47. The van der Waals surface area contributed by atoms with E-state index >= 15 is 0 Å². The van der Waals surface area contributed by atoms with Crippen LogP contribution in [-0.4, -0.2) is 6.54 Å². The van der Waals surface area contributed by atoms with E-state index in [0.29, 0.717) is 5.41 Å². The molecule has 1 aromatic rings. The minimum atomic E-state index is 0.524. The summed E-state index contributed by atoms with van der Waals surface area (Å²) in [5.74, 6) is 6.87. The number of anilines is 1. The lowest BCUT2D eigenvalue weighted by Crippen LogP contribution is -2.49. The molecular formula is C27H38N2. The Balaban J connectivity index is 1.27. The highest BCUT2D eigenvalue weighted by molar-refractivity contribution is 5.49. The second-order valence-corrected chi connectivity index (χ2v) is 11.2. The second kappa shape index (κ2) is 7.64. The summed E-state index contributed by atoms with van der Waals surface area (Å²) in [6, 6.07) is 10.3. The molecule has 4 aliphatic rings. The first kappa shape index (κ1) is 19.5. The van der Waals surface area contributed by atoms with Gasteiger partial charge in [0.1, 0.15) is 0 Å². The molecule has 0 aromatic heterocycles. The molecule has 0 radical (unpaired) electrons. The number of nitrogens with one attached hydrogen (secondary N) is 1. The van der Waals surface area contributed by atoms with Gasteiger partial charge in [-0.1, -0.05) is 26.3 Å². The maximum atomic E-state index is 9.17. The topological polar surface area (TPSA) is 35.8 Å². The number of nitrogens with zero attached hydrogens (tertiary/aromatic N) is 1. The van der Waals surface area contributed by atoms with E-state index in [9.17, 15) is 0 Å². The smallest absolute Gasteiger partial charge is 0.0992 e. The molecule has 0 bridgehead atoms. The maximum absolute atomic E-state index is 9.17. The molecule has 5 rings (SSSR count). The molecule has 156 valence electrons. The average Bonchev–Trinajstić information content (AvgIpc) is 3.08. The highest BCUT2D eigenvalue weighted by atomic mass is 14.9. The number of nitriles is 1. The van der Waals surface area contributed by atoms with Crippen LogP contribution in [0.3, 0.4) is 0 Å². The van der Waals surface area contributed by atoms with Crippen molar-refractivity contribution in [1.29, 1.82) is 5.26 Å². The first-order valence-corrected chi connectivity index (χ1v) is 12.3. The van der Waals surface area contributed by atoms with Crippen molar-refractivity contribution in [2.24, 2.45) is 46.8 Å². The van der Waals surface area contributed by atoms with Gasteiger partial charge in [0.25, 0.3) is 0 Å². The van der Waals surface area contributed by atoms with Crippen molar-refractivity contribution in [2.75, 3.05) is 11.9 Å². The van der Waals surface area contributed by atoms with Crippen LogP contribution in [0.1, 0.15) is 77.2 Å². The Morgan fingerprint density at radius 3 is 2.76 bits per heavy atom. The van der Waals surface area contributed by atoms with Crippen LogP contribution >= 0.6 is 0 Å². The third-order valence-corrected chi connectivity index (χ3v) is 9.96. The van der Waals surface area contributed by atoms with Crippen molar-refractivity contribution in [3.05, 3.63) is 29.8 Å². The Kier molecular flexibility index (Phi) is 5.13. The van der Waals surface area contributed by atoms with E-state index in [1.807, 2.05) is 18.2 Å². The van der Waals surface area contributed by atoms with E-state index in [1.165, 1.54) is 57.8 Å². The van der Waals surface area contributed by atoms with Gasteiger partial charge in [-0.05, 0) is 116 Å². The highest BCUT2D eigenvalue weighted by Crippen LogP contribution is 2.64. The van der Waals surface area contributed by atoms with Gasteiger partial charge in [0.15, 0.2) is 0 Å². The molecule has 2 unspecified atom stereocenters. The predicted molar refractivity (Wildman–Crippen MR) is 119 cm³/mol. The van der Waals surface area contributed by atoms with E-state index in [-0.39, 0.29) is 0 Å². The standard InChI is InChI=1S/C27H38N2/c1-18-6-9-23-20(14-18)7-10-25-24(23)12-13-27(2)21(8-11-26(25)27)17-29-22-5-3-4-19(15-22)16-28/h3-5,15,18,20-21,23-26,29H,6-14,17H2,1-2H3/t18-,20+,21+,23-,24?,25+,26?,27+/m0/s1. The van der Waals surface area contributed by atoms with Crippen LogP contribution in [0.5, 0.6) is 0 Å². The van der Waals surface area contributed by atoms with Gasteiger partial charge in [0.2, 0.25) is 0 Å². The van der Waals surface area contributed by atoms with Crippen LogP contribution < -0.4 is 5.32 Å². The number of hydrogen-bond donors (Lipinski definition) is 1. The highest BCUT2D eigenvalue weighted by Gasteiger charge is 2.56. The van der Waals surface area contributed by atoms with E-state index in [0.717, 1.165) is 59.2 Å². The number of rotatable bonds is 3. The summed E-state index contributed by atoms with van der Waals surface area (Å²) in [5.41, 5.74) is 2.39. The Hall–Kier alpha value is -1.49. The van der Waals surface area contributed by atoms with Crippen molar-refractivity contribution in [1.82, 2.24) is 0 Å². The number of fused-ring (bicyclic) bond motifs is 5. The van der Waals surface area contributed by atoms with Crippen LogP contribution in [0.15, 0.2) is 24.3 Å². The fraction of sp³-hybridized carbons (Fsp3) is 0.741. The summed E-state index contributed by atoms with van der Waals surface area (Å²) in [6.07, 6.45) is 13.4. The largest absolute Gasteiger partial charge is 0.385 e. The minimum Gasteiger partial charge on any atom is -0.385 e. The first-order chi connectivity index (χ1) is 14.1. The van der Waals surface area contributed by atoms with E-state index in [4.69, 9.17) is 5.26 Å². The molecule has 2 nitrogen and oxygen atoms in total. The minimum absolute atomic E-state index is 0.524. The number of hydrogen-bond acceptors (Lipinski definition) is 2. The molecule has 1 N–H and O–H groups in total. The fourth-order valence-corrected chi connectivity index (χ4v) is 8.47. The lowest BCUT2D eigenvalue weighted by atomic mass is 9.49. The van der Waals surface area contributed by atoms with Gasteiger partial charge in [-0.25, -0.2) is 0 Å². The summed E-state index contributed by atoms with van der Waals surface area (Å²) in [4.78, 5) is 0. The van der Waals surface area contributed by atoms with Gasteiger partial charge in [0.05, 0.1) is 11.6 Å². The zero-order valence-electron chi connectivity index (χ0n) is 18.4. The summed E-state index contributed by atoms with van der Waals surface area (Å²) in [7, 11) is 0. The molecule has 8 atom stereocenters. The van der Waals surface area contributed by atoms with Gasteiger partial charge < -0.3 is 5.32 Å². The second-order valence-electron chi connectivity index (χ2n) is 11.2. The van der Waals surface area contributed by atoms with Gasteiger partial charge in [0, 0.05) is 12.2 Å². The molecule has 4 saturated carbocycles. The van der Waals surface area contributed by atoms with Crippen LogP contribution in [0.25, 0.3) is 0 Å². The molecule has 0 spiro atoms. The summed E-state index contributed by atoms with van der Waals surface area (Å²) >= 11 is 0. The molecule has 2 heteroatoms. The molecule has 0 saturated heterocycles. The maximum Gasteiger partial charge on any atom is 0.0992 e. The molecule has 1 aromatic carbocycles. The normalized spacial score (nSPS) is 43.6. The van der Waals surface area contributed by atoms with Crippen LogP contribution in [0.4, 0.5) is 5.69 Å². The Morgan fingerprint density at radius 1 is 1.03 bits per heavy atom. The van der Waals surface area contributed by atoms with E-state index < -0.39 is 0 Å². The SMILES string of the molecule is C[C@H]1CC[C@@H]2C3CC[C@@]4(C)C(CC[C@@H]4CNc4cccc(C#N)c4)[C@@H]3CC[C@@H]2C1. The molecular weight excluding hydrogens is 352 g/mol. The van der Waals surface area contributed by atoms with E-state index in [2.05, 4.69) is 31.3 Å². The summed E-state index contributed by atoms with van der Waals surface area (Å²) in [6.45, 7) is 6.19. The average molecular weight is 391 g/mol. The summed E-state index contributed by atoms with van der Waals surface area (Å²) < 4.78 is 0. The van der Waals surface area contributed by atoms with Gasteiger partial charge in [-0.15, -0.1) is 0 Å². The van der Waals surface area contributed by atoms with Crippen molar-refractivity contribution >= 4 is 5.69 Å². The molecule has 29 heavy (non-hydrogen) atoms. The van der Waals surface area contributed by atoms with Crippen LogP contribution in [-0.2, 0) is 0 Å². The Morgan fingerprint density at radius 2 is 1.90 bits per heavy atom. The van der Waals surface area contributed by atoms with Crippen molar-refractivity contribution in [3.63, 3.8) is 0 Å². The monoisotopic (exact) mass is 390 g/mol. The first-order valence-electron chi connectivity index (χ1n) is 12.3. The van der Waals surface area contributed by atoms with Crippen molar-refractivity contribution in [2.45, 2.75) is 71.6 Å². The number of benzene rings is 1. The lowest BCUT2D eigenvalue weighted by molar-refractivity contribution is -0.0656. The Bertz CT molecular complexity index is 779. The zero-order chi connectivity index (χ0) is 20.0. The van der Waals surface area contributed by atoms with Gasteiger partial charge >= 0.3 is 0 Å².